The molecule has 1 N–H and O–H groups in total. The molecule has 0 radical (unpaired) electrons. The first kappa shape index (κ1) is 12.4. The fourth-order valence-electron chi connectivity index (χ4n) is 2.55. The van der Waals surface area contributed by atoms with Crippen molar-refractivity contribution in [3.63, 3.8) is 0 Å². The molecule has 1 aromatic carbocycles. The molecular formula is C13H16F3N. The zero-order valence-corrected chi connectivity index (χ0v) is 9.93. The van der Waals surface area contributed by atoms with Crippen LogP contribution in [0.5, 0.6) is 0 Å². The second kappa shape index (κ2) is 4.69. The van der Waals surface area contributed by atoms with Gasteiger partial charge in [0.2, 0.25) is 0 Å². The second-order valence-corrected chi connectivity index (χ2v) is 4.66. The Morgan fingerprint density at radius 2 is 1.82 bits per heavy atom. The van der Waals surface area contributed by atoms with Gasteiger partial charge >= 0.3 is 0 Å². The lowest BCUT2D eigenvalue weighted by Crippen LogP contribution is -2.47. The van der Waals surface area contributed by atoms with Gasteiger partial charge in [-0.3, -0.25) is 0 Å². The molecule has 1 aliphatic rings. The van der Waals surface area contributed by atoms with Crippen LogP contribution in [0.3, 0.4) is 0 Å². The molecule has 0 bridgehead atoms. The van der Waals surface area contributed by atoms with E-state index in [0.717, 1.165) is 25.1 Å². The molecule has 4 heteroatoms. The Hall–Kier alpha value is -1.03. The summed E-state index contributed by atoms with van der Waals surface area (Å²) in [6.45, 7) is 4.95. The highest BCUT2D eigenvalue weighted by atomic mass is 19.2. The van der Waals surface area contributed by atoms with E-state index in [0.29, 0.717) is 17.5 Å². The molecule has 0 spiro atoms. The summed E-state index contributed by atoms with van der Waals surface area (Å²) in [6.07, 6.45) is 0.847. The van der Waals surface area contributed by atoms with Gasteiger partial charge in [0.1, 0.15) is 0 Å². The molecule has 1 nitrogen and oxygen atoms in total. The zero-order chi connectivity index (χ0) is 12.6. The first-order valence-electron chi connectivity index (χ1n) is 5.92. The maximum atomic E-state index is 13.1. The average Bonchev–Trinajstić information content (AvgIpc) is 2.30. The fraction of sp³-hybridized carbons (Fsp3) is 0.538. The molecule has 3 atom stereocenters. The minimum atomic E-state index is -1.39. The van der Waals surface area contributed by atoms with Crippen molar-refractivity contribution < 1.29 is 13.2 Å². The highest BCUT2D eigenvalue weighted by molar-refractivity contribution is 5.27. The molecule has 1 saturated carbocycles. The van der Waals surface area contributed by atoms with Gasteiger partial charge in [-0.15, -0.1) is 0 Å². The van der Waals surface area contributed by atoms with Gasteiger partial charge in [-0.2, -0.15) is 0 Å². The van der Waals surface area contributed by atoms with Gasteiger partial charge in [-0.1, -0.05) is 13.8 Å². The topological polar surface area (TPSA) is 12.0 Å². The zero-order valence-electron chi connectivity index (χ0n) is 9.93. The molecule has 1 fully saturated rings. The van der Waals surface area contributed by atoms with E-state index in [1.807, 2.05) is 13.8 Å². The Balaban J connectivity index is 2.15. The first-order chi connectivity index (χ1) is 8.04. The average molecular weight is 243 g/mol. The number of rotatable bonds is 3. The van der Waals surface area contributed by atoms with Crippen molar-refractivity contribution in [2.75, 3.05) is 6.54 Å². The van der Waals surface area contributed by atoms with Crippen molar-refractivity contribution in [3.05, 3.63) is 35.1 Å². The van der Waals surface area contributed by atoms with Gasteiger partial charge in [0.05, 0.1) is 0 Å². The molecule has 2 rings (SSSR count). The van der Waals surface area contributed by atoms with Crippen molar-refractivity contribution in [1.29, 1.82) is 0 Å². The van der Waals surface area contributed by atoms with Crippen LogP contribution in [0.15, 0.2) is 12.1 Å². The predicted octanol–water partition coefficient (Wildman–Crippen LogP) is 3.21. The summed E-state index contributed by atoms with van der Waals surface area (Å²) in [4.78, 5) is 0. The van der Waals surface area contributed by atoms with Crippen molar-refractivity contribution in [3.8, 4) is 0 Å². The monoisotopic (exact) mass is 243 g/mol. The summed E-state index contributed by atoms with van der Waals surface area (Å²) in [6, 6.07) is 2.62. The highest BCUT2D eigenvalue weighted by Gasteiger charge is 2.38. The molecule has 0 saturated heterocycles. The minimum absolute atomic E-state index is 0.114. The molecule has 0 aromatic heterocycles. The summed E-state index contributed by atoms with van der Waals surface area (Å²) < 4.78 is 39.0. The smallest absolute Gasteiger partial charge is 0.194 e. The van der Waals surface area contributed by atoms with Crippen LogP contribution in [0.4, 0.5) is 13.2 Å². The predicted molar refractivity (Wildman–Crippen MR) is 60.3 cm³/mol. The van der Waals surface area contributed by atoms with Crippen LogP contribution in [0.2, 0.25) is 0 Å². The quantitative estimate of drug-likeness (QED) is 0.804. The molecular weight excluding hydrogens is 227 g/mol. The van der Waals surface area contributed by atoms with Gasteiger partial charge in [0.15, 0.2) is 17.5 Å². The molecule has 94 valence electrons. The van der Waals surface area contributed by atoms with Crippen LogP contribution in [-0.2, 0) is 0 Å². The number of hydrogen-bond acceptors (Lipinski definition) is 1. The lowest BCUT2D eigenvalue weighted by Gasteiger charge is -2.43. The number of nitrogens with one attached hydrogen (secondary N) is 1. The molecule has 0 heterocycles. The molecule has 3 unspecified atom stereocenters. The fourth-order valence-corrected chi connectivity index (χ4v) is 2.55. The Labute approximate surface area is 99.0 Å². The summed E-state index contributed by atoms with van der Waals surface area (Å²) >= 11 is 0. The Bertz CT molecular complexity index is 396. The summed E-state index contributed by atoms with van der Waals surface area (Å²) in [5.41, 5.74) is 0.558. The van der Waals surface area contributed by atoms with E-state index in [9.17, 15) is 13.2 Å². The van der Waals surface area contributed by atoms with Crippen LogP contribution in [-0.4, -0.2) is 12.6 Å². The molecule has 1 aromatic rings. The molecule has 17 heavy (non-hydrogen) atoms. The molecule has 0 amide bonds. The van der Waals surface area contributed by atoms with E-state index < -0.39 is 17.5 Å². The van der Waals surface area contributed by atoms with E-state index in [1.165, 1.54) is 0 Å². The third kappa shape index (κ3) is 2.18. The Kier molecular flexibility index (Phi) is 3.43. The van der Waals surface area contributed by atoms with Crippen molar-refractivity contribution in [1.82, 2.24) is 5.32 Å². The standard InChI is InChI=1S/C13H16F3N/c1-3-17-12-6-9(7(12)2)8-4-10(14)13(16)11(15)5-8/h4-5,7,9,12,17H,3,6H2,1-2H3. The van der Waals surface area contributed by atoms with E-state index in [1.54, 1.807) is 0 Å². The summed E-state index contributed by atoms with van der Waals surface area (Å²) in [5, 5.41) is 3.31. The Morgan fingerprint density at radius 3 is 2.29 bits per heavy atom. The van der Waals surface area contributed by atoms with Crippen LogP contribution >= 0.6 is 0 Å². The third-order valence-electron chi connectivity index (χ3n) is 3.68. The largest absolute Gasteiger partial charge is 0.314 e. The normalized spacial score (nSPS) is 27.9. The van der Waals surface area contributed by atoms with Gasteiger partial charge in [0, 0.05) is 6.04 Å². The van der Waals surface area contributed by atoms with Crippen molar-refractivity contribution >= 4 is 0 Å². The van der Waals surface area contributed by atoms with E-state index in [2.05, 4.69) is 5.32 Å². The van der Waals surface area contributed by atoms with Crippen LogP contribution in [0, 0.1) is 23.4 Å². The van der Waals surface area contributed by atoms with E-state index >= 15 is 0 Å². The number of benzene rings is 1. The van der Waals surface area contributed by atoms with E-state index in [4.69, 9.17) is 0 Å². The maximum absolute atomic E-state index is 13.1. The van der Waals surface area contributed by atoms with Gasteiger partial charge in [0.25, 0.3) is 0 Å². The van der Waals surface area contributed by atoms with Crippen molar-refractivity contribution in [2.24, 2.45) is 5.92 Å². The first-order valence-corrected chi connectivity index (χ1v) is 5.92. The maximum Gasteiger partial charge on any atom is 0.194 e. The highest BCUT2D eigenvalue weighted by Crippen LogP contribution is 2.42. The summed E-state index contributed by atoms with van der Waals surface area (Å²) in [7, 11) is 0. The van der Waals surface area contributed by atoms with Gasteiger partial charge < -0.3 is 5.32 Å². The summed E-state index contributed by atoms with van der Waals surface area (Å²) in [5.74, 6) is -3.15. The van der Waals surface area contributed by atoms with Crippen LogP contribution in [0.1, 0.15) is 31.7 Å². The lowest BCUT2D eigenvalue weighted by molar-refractivity contribution is 0.186. The van der Waals surface area contributed by atoms with Gasteiger partial charge in [-0.05, 0) is 42.5 Å². The molecule has 0 aliphatic heterocycles. The van der Waals surface area contributed by atoms with Crippen LogP contribution in [0.25, 0.3) is 0 Å². The van der Waals surface area contributed by atoms with E-state index in [-0.39, 0.29) is 5.92 Å². The number of halogens is 3. The lowest BCUT2D eigenvalue weighted by atomic mass is 9.67. The third-order valence-corrected chi connectivity index (χ3v) is 3.68. The van der Waals surface area contributed by atoms with Crippen LogP contribution < -0.4 is 5.32 Å². The van der Waals surface area contributed by atoms with Crippen molar-refractivity contribution in [2.45, 2.75) is 32.2 Å². The second-order valence-electron chi connectivity index (χ2n) is 4.66. The SMILES string of the molecule is CCNC1CC(c2cc(F)c(F)c(F)c2)C1C. The Morgan fingerprint density at radius 1 is 1.24 bits per heavy atom. The van der Waals surface area contributed by atoms with Gasteiger partial charge in [-0.25, -0.2) is 13.2 Å². The number of hydrogen-bond donors (Lipinski definition) is 1. The molecule has 1 aliphatic carbocycles. The minimum Gasteiger partial charge on any atom is -0.314 e.